The van der Waals surface area contributed by atoms with E-state index in [1.165, 1.54) is 0 Å². The van der Waals surface area contributed by atoms with Gasteiger partial charge in [0.25, 0.3) is 0 Å². The second-order valence-corrected chi connectivity index (χ2v) is 5.43. The number of ether oxygens (including phenoxy) is 1. The van der Waals surface area contributed by atoms with Crippen LogP contribution in [0.2, 0.25) is 0 Å². The standard InChI is InChI=1S/C17H18F2N4O/c1-23(2)5-6-24-16-9-12(3-4-21-16)11-22-17-14(18)7-13(10-20)8-15(17)19/h3-4,7-9,22H,5-6,11H2,1-2H3. The van der Waals surface area contributed by atoms with Crippen LogP contribution in [0.25, 0.3) is 0 Å². The minimum Gasteiger partial charge on any atom is -0.476 e. The molecule has 0 unspecified atom stereocenters. The van der Waals surface area contributed by atoms with E-state index in [1.807, 2.05) is 19.0 Å². The maximum absolute atomic E-state index is 13.8. The molecule has 0 atom stereocenters. The highest BCUT2D eigenvalue weighted by atomic mass is 19.1. The molecule has 0 saturated carbocycles. The first-order valence-corrected chi connectivity index (χ1v) is 7.35. The SMILES string of the molecule is CN(C)CCOc1cc(CNc2c(F)cc(C#N)cc2F)ccn1. The van der Waals surface area contributed by atoms with Crippen molar-refractivity contribution in [3.05, 3.63) is 53.2 Å². The van der Waals surface area contributed by atoms with Gasteiger partial charge in [-0.25, -0.2) is 13.8 Å². The Balaban J connectivity index is 2.01. The van der Waals surface area contributed by atoms with Crippen molar-refractivity contribution in [1.82, 2.24) is 9.88 Å². The van der Waals surface area contributed by atoms with Crippen LogP contribution < -0.4 is 10.1 Å². The first-order chi connectivity index (χ1) is 11.5. The maximum atomic E-state index is 13.8. The average molecular weight is 332 g/mol. The minimum absolute atomic E-state index is 0.0592. The molecule has 0 aliphatic heterocycles. The fourth-order valence-electron chi connectivity index (χ4n) is 1.97. The quantitative estimate of drug-likeness (QED) is 0.845. The largest absolute Gasteiger partial charge is 0.476 e. The number of hydrogen-bond donors (Lipinski definition) is 1. The van der Waals surface area contributed by atoms with Gasteiger partial charge in [-0.3, -0.25) is 0 Å². The van der Waals surface area contributed by atoms with Gasteiger partial charge in [0.1, 0.15) is 12.3 Å². The zero-order valence-electron chi connectivity index (χ0n) is 13.5. The second-order valence-electron chi connectivity index (χ2n) is 5.43. The molecular formula is C17H18F2N4O. The Morgan fingerprint density at radius 1 is 1.25 bits per heavy atom. The number of pyridine rings is 1. The number of halogens is 2. The van der Waals surface area contributed by atoms with E-state index in [0.717, 1.165) is 24.2 Å². The molecule has 2 rings (SSSR count). The topological polar surface area (TPSA) is 61.2 Å². The predicted molar refractivity (Wildman–Crippen MR) is 86.7 cm³/mol. The molecule has 1 N–H and O–H groups in total. The van der Waals surface area contributed by atoms with E-state index < -0.39 is 11.6 Å². The Morgan fingerprint density at radius 2 is 1.96 bits per heavy atom. The lowest BCUT2D eigenvalue weighted by molar-refractivity contribution is 0.253. The highest BCUT2D eigenvalue weighted by Crippen LogP contribution is 2.21. The van der Waals surface area contributed by atoms with Crippen LogP contribution in [0.4, 0.5) is 14.5 Å². The van der Waals surface area contributed by atoms with E-state index in [-0.39, 0.29) is 17.8 Å². The van der Waals surface area contributed by atoms with Crippen LogP contribution >= 0.6 is 0 Å². The molecule has 24 heavy (non-hydrogen) atoms. The van der Waals surface area contributed by atoms with E-state index in [4.69, 9.17) is 10.00 Å². The second kappa shape index (κ2) is 8.22. The first-order valence-electron chi connectivity index (χ1n) is 7.35. The molecular weight excluding hydrogens is 314 g/mol. The van der Waals surface area contributed by atoms with Crippen molar-refractivity contribution in [3.8, 4) is 11.9 Å². The average Bonchev–Trinajstić information content (AvgIpc) is 2.54. The van der Waals surface area contributed by atoms with Crippen LogP contribution in [0.3, 0.4) is 0 Å². The summed E-state index contributed by atoms with van der Waals surface area (Å²) in [5.74, 6) is -1.15. The molecule has 0 saturated heterocycles. The lowest BCUT2D eigenvalue weighted by atomic mass is 10.2. The number of hydrogen-bond acceptors (Lipinski definition) is 5. The third-order valence-electron chi connectivity index (χ3n) is 3.23. The molecule has 0 aliphatic carbocycles. The molecule has 0 spiro atoms. The number of likely N-dealkylation sites (N-methyl/N-ethyl adjacent to an activating group) is 1. The number of benzene rings is 1. The van der Waals surface area contributed by atoms with E-state index >= 15 is 0 Å². The lowest BCUT2D eigenvalue weighted by Gasteiger charge is -2.12. The van der Waals surface area contributed by atoms with Crippen molar-refractivity contribution in [1.29, 1.82) is 5.26 Å². The molecule has 0 fully saturated rings. The Labute approximate surface area is 139 Å². The molecule has 1 heterocycles. The molecule has 0 radical (unpaired) electrons. The van der Waals surface area contributed by atoms with E-state index in [0.29, 0.717) is 12.5 Å². The van der Waals surface area contributed by atoms with Crippen molar-refractivity contribution < 1.29 is 13.5 Å². The Bertz CT molecular complexity index is 721. The van der Waals surface area contributed by atoms with Gasteiger partial charge in [-0.2, -0.15) is 5.26 Å². The molecule has 0 bridgehead atoms. The smallest absolute Gasteiger partial charge is 0.213 e. The van der Waals surface area contributed by atoms with Gasteiger partial charge < -0.3 is 15.0 Å². The van der Waals surface area contributed by atoms with Crippen LogP contribution in [-0.4, -0.2) is 37.1 Å². The van der Waals surface area contributed by atoms with Crippen molar-refractivity contribution >= 4 is 5.69 Å². The van der Waals surface area contributed by atoms with Crippen LogP contribution in [0.5, 0.6) is 5.88 Å². The van der Waals surface area contributed by atoms with Crippen molar-refractivity contribution in [2.24, 2.45) is 0 Å². The summed E-state index contributed by atoms with van der Waals surface area (Å²) in [6, 6.07) is 7.13. The number of rotatable bonds is 7. The van der Waals surface area contributed by atoms with Gasteiger partial charge in [-0.05, 0) is 37.9 Å². The molecule has 7 heteroatoms. The third-order valence-corrected chi connectivity index (χ3v) is 3.23. The molecule has 5 nitrogen and oxygen atoms in total. The summed E-state index contributed by atoms with van der Waals surface area (Å²) in [4.78, 5) is 6.08. The van der Waals surface area contributed by atoms with Crippen LogP contribution in [0.15, 0.2) is 30.5 Å². The molecule has 1 aromatic heterocycles. The number of nitriles is 1. The first kappa shape index (κ1) is 17.6. The zero-order valence-corrected chi connectivity index (χ0v) is 13.5. The highest BCUT2D eigenvalue weighted by molar-refractivity contribution is 5.50. The van der Waals surface area contributed by atoms with Crippen molar-refractivity contribution in [2.45, 2.75) is 6.54 Å². The number of nitrogens with one attached hydrogen (secondary N) is 1. The number of anilines is 1. The summed E-state index contributed by atoms with van der Waals surface area (Å²) >= 11 is 0. The summed E-state index contributed by atoms with van der Waals surface area (Å²) in [5, 5.41) is 11.4. The van der Waals surface area contributed by atoms with Gasteiger partial charge in [0.2, 0.25) is 5.88 Å². The summed E-state index contributed by atoms with van der Waals surface area (Å²) in [6.45, 7) is 1.45. The van der Waals surface area contributed by atoms with Gasteiger partial charge >= 0.3 is 0 Å². The fourth-order valence-corrected chi connectivity index (χ4v) is 1.97. The minimum atomic E-state index is -0.803. The monoisotopic (exact) mass is 332 g/mol. The third kappa shape index (κ3) is 4.89. The van der Waals surface area contributed by atoms with Crippen LogP contribution in [0.1, 0.15) is 11.1 Å². The van der Waals surface area contributed by atoms with Crippen LogP contribution in [-0.2, 0) is 6.54 Å². The summed E-state index contributed by atoms with van der Waals surface area (Å²) < 4.78 is 33.2. The van der Waals surface area contributed by atoms with Gasteiger partial charge in [0.05, 0.1) is 11.6 Å². The van der Waals surface area contributed by atoms with Gasteiger partial charge in [-0.15, -0.1) is 0 Å². The molecule has 0 aliphatic rings. The van der Waals surface area contributed by atoms with Gasteiger partial charge in [-0.1, -0.05) is 0 Å². The van der Waals surface area contributed by atoms with E-state index in [2.05, 4.69) is 10.3 Å². The summed E-state index contributed by atoms with van der Waals surface area (Å²) in [6.07, 6.45) is 1.58. The Hall–Kier alpha value is -2.72. The zero-order chi connectivity index (χ0) is 17.5. The summed E-state index contributed by atoms with van der Waals surface area (Å²) in [5.41, 5.74) is 0.449. The summed E-state index contributed by atoms with van der Waals surface area (Å²) in [7, 11) is 3.88. The maximum Gasteiger partial charge on any atom is 0.213 e. The number of aromatic nitrogens is 1. The van der Waals surface area contributed by atoms with Crippen LogP contribution in [0, 0.1) is 23.0 Å². The molecule has 2 aromatic rings. The van der Waals surface area contributed by atoms with E-state index in [9.17, 15) is 8.78 Å². The van der Waals surface area contributed by atoms with Crippen molar-refractivity contribution in [2.75, 3.05) is 32.6 Å². The van der Waals surface area contributed by atoms with Gasteiger partial charge in [0.15, 0.2) is 11.6 Å². The molecule has 1 aromatic carbocycles. The highest BCUT2D eigenvalue weighted by Gasteiger charge is 2.11. The lowest BCUT2D eigenvalue weighted by Crippen LogP contribution is -2.19. The Kier molecular flexibility index (Phi) is 6.04. The Morgan fingerprint density at radius 3 is 2.58 bits per heavy atom. The molecule has 126 valence electrons. The van der Waals surface area contributed by atoms with E-state index in [1.54, 1.807) is 24.4 Å². The van der Waals surface area contributed by atoms with Crippen molar-refractivity contribution in [3.63, 3.8) is 0 Å². The fraction of sp³-hybridized carbons (Fsp3) is 0.294. The van der Waals surface area contributed by atoms with Gasteiger partial charge in [0, 0.05) is 25.4 Å². The molecule has 0 amide bonds. The predicted octanol–water partition coefficient (Wildman–Crippen LogP) is 2.78. The normalized spacial score (nSPS) is 10.5. The number of nitrogens with zero attached hydrogens (tertiary/aromatic N) is 3.